The molecule has 0 spiro atoms. The number of carboxylic acids is 1. The zero-order valence-corrected chi connectivity index (χ0v) is 22.6. The number of aliphatic carboxylic acids is 1. The summed E-state index contributed by atoms with van der Waals surface area (Å²) in [5, 5.41) is 10.3. The van der Waals surface area contributed by atoms with Crippen molar-refractivity contribution in [3.63, 3.8) is 0 Å². The number of hydrogen-bond donors (Lipinski definition) is 2. The number of nitrogens with zero attached hydrogens (tertiary/aromatic N) is 2. The number of anilines is 1. The van der Waals surface area contributed by atoms with Crippen LogP contribution in [0, 0.1) is 5.92 Å². The van der Waals surface area contributed by atoms with Gasteiger partial charge in [-0.05, 0) is 42.7 Å². The molecule has 0 radical (unpaired) electrons. The van der Waals surface area contributed by atoms with Gasteiger partial charge in [0.15, 0.2) is 12.7 Å². The molecule has 2 aliphatic heterocycles. The first-order chi connectivity index (χ1) is 19.4. The standard InChI is InChI=1S/C30H37N3O7/c31-24(34)20-39-23-17-15-21(16-18-23)27-26-28(40-33(27)22-12-8-7-9-13-22)30(38)32(29(26)37)19-11-6-4-2-1-3-5-10-14-25(35)36/h7-9,12-13,15-18,26-28H,1-6,10-11,14,19-20H2,(H2,31,34)(H,35,36). The second-order valence-electron chi connectivity index (χ2n) is 10.3. The second kappa shape index (κ2) is 13.9. The van der Waals surface area contributed by atoms with E-state index in [-0.39, 0.29) is 24.8 Å². The fourth-order valence-electron chi connectivity index (χ4n) is 5.35. The Morgan fingerprint density at radius 2 is 1.48 bits per heavy atom. The molecule has 2 aliphatic rings. The maximum absolute atomic E-state index is 13.6. The number of hydrogen-bond acceptors (Lipinski definition) is 7. The van der Waals surface area contributed by atoms with E-state index < -0.39 is 29.9 Å². The van der Waals surface area contributed by atoms with E-state index in [1.807, 2.05) is 42.5 Å². The SMILES string of the molecule is NC(=O)COc1ccc(C2C3C(=O)N(CCCCCCCCCCC(=O)O)C(=O)C3ON2c2ccccc2)cc1. The molecule has 3 amide bonds. The van der Waals surface area contributed by atoms with Gasteiger partial charge in [-0.3, -0.25) is 28.9 Å². The van der Waals surface area contributed by atoms with Crippen LogP contribution in [-0.4, -0.2) is 53.0 Å². The van der Waals surface area contributed by atoms with Crippen molar-refractivity contribution in [3.8, 4) is 5.75 Å². The summed E-state index contributed by atoms with van der Waals surface area (Å²) in [6, 6.07) is 15.9. The summed E-state index contributed by atoms with van der Waals surface area (Å²) in [6.07, 6.45) is 6.76. The number of nitrogens with two attached hydrogens (primary N) is 1. The smallest absolute Gasteiger partial charge is 0.303 e. The lowest BCUT2D eigenvalue weighted by molar-refractivity contribution is -0.143. The van der Waals surface area contributed by atoms with Gasteiger partial charge in [0.2, 0.25) is 5.91 Å². The van der Waals surface area contributed by atoms with Crippen LogP contribution in [0.5, 0.6) is 5.75 Å². The Morgan fingerprint density at radius 3 is 2.10 bits per heavy atom. The van der Waals surface area contributed by atoms with Gasteiger partial charge in [0.05, 0.1) is 11.7 Å². The number of carbonyl (C=O) groups is 4. The van der Waals surface area contributed by atoms with E-state index in [1.165, 1.54) is 4.90 Å². The lowest BCUT2D eigenvalue weighted by atomic mass is 9.90. The Balaban J connectivity index is 1.36. The molecule has 10 nitrogen and oxygen atoms in total. The summed E-state index contributed by atoms with van der Waals surface area (Å²) in [7, 11) is 0. The number of likely N-dealkylation sites (tertiary alicyclic amines) is 1. The van der Waals surface area contributed by atoms with Gasteiger partial charge >= 0.3 is 5.97 Å². The zero-order valence-electron chi connectivity index (χ0n) is 22.6. The number of para-hydroxylation sites is 1. The Morgan fingerprint density at radius 1 is 0.850 bits per heavy atom. The minimum absolute atomic E-state index is 0.226. The predicted molar refractivity (Wildman–Crippen MR) is 147 cm³/mol. The summed E-state index contributed by atoms with van der Waals surface area (Å²) in [5.41, 5.74) is 6.69. The van der Waals surface area contributed by atoms with Crippen molar-refractivity contribution in [2.24, 2.45) is 11.7 Å². The molecule has 0 bridgehead atoms. The molecule has 3 atom stereocenters. The van der Waals surface area contributed by atoms with Crippen LogP contribution in [0.15, 0.2) is 54.6 Å². The minimum Gasteiger partial charge on any atom is -0.484 e. The molecule has 10 heteroatoms. The third-order valence-electron chi connectivity index (χ3n) is 7.34. The largest absolute Gasteiger partial charge is 0.484 e. The highest BCUT2D eigenvalue weighted by molar-refractivity contribution is 6.07. The predicted octanol–water partition coefficient (Wildman–Crippen LogP) is 3.99. The van der Waals surface area contributed by atoms with Crippen molar-refractivity contribution in [2.45, 2.75) is 69.9 Å². The van der Waals surface area contributed by atoms with Gasteiger partial charge in [0, 0.05) is 13.0 Å². The fraction of sp³-hybridized carbons (Fsp3) is 0.467. The fourth-order valence-corrected chi connectivity index (χ4v) is 5.35. The van der Waals surface area contributed by atoms with Gasteiger partial charge < -0.3 is 15.6 Å². The lowest BCUT2D eigenvalue weighted by Crippen LogP contribution is -2.37. The number of rotatable bonds is 16. The number of benzene rings is 2. The third kappa shape index (κ3) is 7.18. The average molecular weight is 552 g/mol. The number of ether oxygens (including phenoxy) is 1. The maximum Gasteiger partial charge on any atom is 0.303 e. The number of carbonyl (C=O) groups excluding carboxylic acids is 3. The van der Waals surface area contributed by atoms with Crippen LogP contribution in [0.25, 0.3) is 0 Å². The lowest BCUT2D eigenvalue weighted by Gasteiger charge is -2.28. The normalized spacial score (nSPS) is 20.1. The van der Waals surface area contributed by atoms with E-state index in [0.717, 1.165) is 62.6 Å². The van der Waals surface area contributed by atoms with Gasteiger partial charge in [-0.25, -0.2) is 5.06 Å². The highest BCUT2D eigenvalue weighted by Crippen LogP contribution is 2.46. The van der Waals surface area contributed by atoms with Gasteiger partial charge in [0.25, 0.3) is 11.8 Å². The van der Waals surface area contributed by atoms with Crippen LogP contribution in [-0.2, 0) is 24.0 Å². The summed E-state index contributed by atoms with van der Waals surface area (Å²) in [4.78, 5) is 56.0. The Labute approximate surface area is 234 Å². The van der Waals surface area contributed by atoms with Crippen molar-refractivity contribution in [2.75, 3.05) is 18.2 Å². The molecule has 0 aromatic heterocycles. The number of carboxylic acid groups (broad SMARTS) is 1. The first-order valence-corrected chi connectivity index (χ1v) is 14.0. The van der Waals surface area contributed by atoms with Gasteiger partial charge in [0.1, 0.15) is 11.7 Å². The molecule has 2 heterocycles. The maximum atomic E-state index is 13.6. The molecule has 2 aromatic rings. The van der Waals surface area contributed by atoms with E-state index in [2.05, 4.69) is 0 Å². The summed E-state index contributed by atoms with van der Waals surface area (Å²) < 4.78 is 5.37. The van der Waals surface area contributed by atoms with Crippen molar-refractivity contribution >= 4 is 29.4 Å². The summed E-state index contributed by atoms with van der Waals surface area (Å²) >= 11 is 0. The Kier molecular flexibility index (Phi) is 10.1. The van der Waals surface area contributed by atoms with Crippen LogP contribution in [0.3, 0.4) is 0 Å². The molecule has 40 heavy (non-hydrogen) atoms. The molecule has 0 saturated carbocycles. The monoisotopic (exact) mass is 551 g/mol. The van der Waals surface area contributed by atoms with Crippen LogP contribution in [0.2, 0.25) is 0 Å². The van der Waals surface area contributed by atoms with E-state index >= 15 is 0 Å². The number of unbranched alkanes of at least 4 members (excludes halogenated alkanes) is 7. The molecule has 0 aliphatic carbocycles. The molecule has 3 unspecified atom stereocenters. The van der Waals surface area contributed by atoms with E-state index in [0.29, 0.717) is 12.3 Å². The quantitative estimate of drug-likeness (QED) is 0.236. The van der Waals surface area contributed by atoms with Gasteiger partial charge in [-0.15, -0.1) is 0 Å². The van der Waals surface area contributed by atoms with Crippen LogP contribution < -0.4 is 15.5 Å². The highest BCUT2D eigenvalue weighted by Gasteiger charge is 2.59. The zero-order chi connectivity index (χ0) is 28.5. The van der Waals surface area contributed by atoms with E-state index in [1.54, 1.807) is 17.2 Å². The molecular formula is C30H37N3O7. The van der Waals surface area contributed by atoms with Gasteiger partial charge in [-0.1, -0.05) is 68.9 Å². The number of imide groups is 1. The topological polar surface area (TPSA) is 139 Å². The average Bonchev–Trinajstić information content (AvgIpc) is 3.45. The Bertz CT molecular complexity index is 1170. The molecule has 2 fully saturated rings. The number of hydroxylamine groups is 1. The van der Waals surface area contributed by atoms with Crippen LogP contribution in [0.1, 0.15) is 69.4 Å². The first kappa shape index (κ1) is 29.1. The van der Waals surface area contributed by atoms with Crippen LogP contribution in [0.4, 0.5) is 5.69 Å². The van der Waals surface area contributed by atoms with Crippen molar-refractivity contribution in [1.82, 2.24) is 4.90 Å². The summed E-state index contributed by atoms with van der Waals surface area (Å²) in [5.74, 6) is -2.07. The first-order valence-electron chi connectivity index (χ1n) is 14.0. The molecule has 4 rings (SSSR count). The number of amides is 3. The van der Waals surface area contributed by atoms with Crippen molar-refractivity contribution < 1.29 is 33.9 Å². The summed E-state index contributed by atoms with van der Waals surface area (Å²) in [6.45, 7) is 0.131. The van der Waals surface area contributed by atoms with Crippen molar-refractivity contribution in [1.29, 1.82) is 0 Å². The number of fused-ring (bicyclic) bond motifs is 1. The Hall–Kier alpha value is -3.92. The van der Waals surface area contributed by atoms with E-state index in [4.69, 9.17) is 20.4 Å². The molecule has 3 N–H and O–H groups in total. The van der Waals surface area contributed by atoms with E-state index in [9.17, 15) is 19.2 Å². The van der Waals surface area contributed by atoms with Crippen LogP contribution >= 0.6 is 0 Å². The van der Waals surface area contributed by atoms with Gasteiger partial charge in [-0.2, -0.15) is 0 Å². The third-order valence-corrected chi connectivity index (χ3v) is 7.34. The molecule has 2 saturated heterocycles. The second-order valence-corrected chi connectivity index (χ2v) is 10.3. The minimum atomic E-state index is -0.894. The molecule has 214 valence electrons. The molecular weight excluding hydrogens is 514 g/mol. The molecule has 2 aromatic carbocycles. The van der Waals surface area contributed by atoms with Crippen molar-refractivity contribution in [3.05, 3.63) is 60.2 Å². The number of primary amides is 1. The highest BCUT2D eigenvalue weighted by atomic mass is 16.7.